The summed E-state index contributed by atoms with van der Waals surface area (Å²) in [5, 5.41) is 8.84. The summed E-state index contributed by atoms with van der Waals surface area (Å²) < 4.78 is 7.59. The Morgan fingerprint density at radius 2 is 1.75 bits per heavy atom. The fourth-order valence-electron chi connectivity index (χ4n) is 2.24. The second kappa shape index (κ2) is 7.16. The molecule has 0 saturated carbocycles. The molecule has 3 rings (SSSR count). The minimum absolute atomic E-state index is 0.217. The molecule has 0 atom stereocenters. The van der Waals surface area contributed by atoms with Crippen molar-refractivity contribution in [1.82, 2.24) is 4.57 Å². The predicted octanol–water partition coefficient (Wildman–Crippen LogP) is 4.05. The molecular weight excluding hydrogens is 368 g/mol. The summed E-state index contributed by atoms with van der Waals surface area (Å²) in [6.45, 7) is 0.389. The van der Waals surface area contributed by atoms with Crippen LogP contribution < -0.4 is 10.3 Å². The van der Waals surface area contributed by atoms with Crippen LogP contribution in [0.25, 0.3) is 5.69 Å². The maximum Gasteiger partial charge on any atom is 0.273 e. The number of nitrogens with zero attached hydrogens (tertiary/aromatic N) is 2. The van der Waals surface area contributed by atoms with Crippen LogP contribution in [0.1, 0.15) is 11.1 Å². The number of pyridine rings is 1. The second-order valence-corrected chi connectivity index (χ2v) is 5.90. The zero-order valence-electron chi connectivity index (χ0n) is 12.6. The third-order valence-corrected chi connectivity index (χ3v) is 4.24. The minimum atomic E-state index is -0.217. The maximum atomic E-state index is 12.5. The minimum Gasteiger partial charge on any atom is -0.487 e. The summed E-state index contributed by atoms with van der Waals surface area (Å²) in [5.41, 5.74) is 2.05. The van der Waals surface area contributed by atoms with E-state index in [4.69, 9.17) is 10.00 Å². The number of rotatable bonds is 4. The molecule has 1 heterocycles. The fraction of sp³-hybridized carbons (Fsp3) is 0.0526. The normalized spacial score (nSPS) is 10.2. The summed E-state index contributed by atoms with van der Waals surface area (Å²) in [4.78, 5) is 12.5. The van der Waals surface area contributed by atoms with E-state index in [1.54, 1.807) is 36.5 Å². The summed E-state index contributed by atoms with van der Waals surface area (Å²) >= 11 is 3.32. The van der Waals surface area contributed by atoms with Gasteiger partial charge in [-0.3, -0.25) is 9.36 Å². The van der Waals surface area contributed by atoms with E-state index in [0.29, 0.717) is 28.1 Å². The Labute approximate surface area is 147 Å². The lowest BCUT2D eigenvalue weighted by Gasteiger charge is -2.11. The third kappa shape index (κ3) is 3.39. The van der Waals surface area contributed by atoms with Gasteiger partial charge in [-0.15, -0.1) is 0 Å². The molecule has 0 amide bonds. The van der Waals surface area contributed by atoms with Crippen LogP contribution in [0.4, 0.5) is 0 Å². The van der Waals surface area contributed by atoms with E-state index in [1.807, 2.05) is 30.3 Å². The molecule has 0 saturated heterocycles. The van der Waals surface area contributed by atoms with Gasteiger partial charge in [0.25, 0.3) is 5.56 Å². The first-order valence-corrected chi connectivity index (χ1v) is 8.07. The lowest BCUT2D eigenvalue weighted by atomic mass is 10.2. The van der Waals surface area contributed by atoms with Crippen molar-refractivity contribution in [2.45, 2.75) is 6.61 Å². The Balaban J connectivity index is 1.86. The molecule has 1 aromatic heterocycles. The van der Waals surface area contributed by atoms with Gasteiger partial charge in [-0.1, -0.05) is 30.3 Å². The zero-order chi connectivity index (χ0) is 16.9. The van der Waals surface area contributed by atoms with Crippen molar-refractivity contribution in [3.8, 4) is 17.5 Å². The predicted molar refractivity (Wildman–Crippen MR) is 95.2 cm³/mol. The van der Waals surface area contributed by atoms with E-state index in [2.05, 4.69) is 22.0 Å². The molecule has 3 aromatic rings. The van der Waals surface area contributed by atoms with E-state index in [9.17, 15) is 4.79 Å². The van der Waals surface area contributed by atoms with Gasteiger partial charge in [0.05, 0.1) is 11.6 Å². The van der Waals surface area contributed by atoms with E-state index in [-0.39, 0.29) is 5.56 Å². The zero-order valence-corrected chi connectivity index (χ0v) is 14.2. The van der Waals surface area contributed by atoms with Crippen molar-refractivity contribution in [3.63, 3.8) is 0 Å². The summed E-state index contributed by atoms with van der Waals surface area (Å²) in [6.07, 6.45) is 1.66. The number of nitriles is 1. The first kappa shape index (κ1) is 16.0. The molecule has 24 heavy (non-hydrogen) atoms. The van der Waals surface area contributed by atoms with Crippen LogP contribution in [0.3, 0.4) is 0 Å². The molecule has 118 valence electrons. The molecule has 0 fully saturated rings. The number of hydrogen-bond donors (Lipinski definition) is 0. The first-order chi connectivity index (χ1) is 11.7. The van der Waals surface area contributed by atoms with Gasteiger partial charge in [-0.05, 0) is 51.8 Å². The molecule has 0 spiro atoms. The Hall–Kier alpha value is -2.84. The van der Waals surface area contributed by atoms with E-state index in [1.165, 1.54) is 4.57 Å². The average Bonchev–Trinajstić information content (AvgIpc) is 2.64. The average molecular weight is 381 g/mol. The topological polar surface area (TPSA) is 55.0 Å². The highest BCUT2D eigenvalue weighted by Gasteiger charge is 2.10. The van der Waals surface area contributed by atoms with Crippen LogP contribution in [0.5, 0.6) is 5.75 Å². The second-order valence-electron chi connectivity index (χ2n) is 5.10. The van der Waals surface area contributed by atoms with Crippen molar-refractivity contribution in [3.05, 3.63) is 92.8 Å². The Morgan fingerprint density at radius 1 is 1.04 bits per heavy atom. The van der Waals surface area contributed by atoms with Gasteiger partial charge >= 0.3 is 0 Å². The number of halogens is 1. The SMILES string of the molecule is N#Cc1ccc(-n2ccc(OCc3ccccc3)c(Br)c2=O)cc1. The van der Waals surface area contributed by atoms with Gasteiger partial charge in [-0.2, -0.15) is 5.26 Å². The van der Waals surface area contributed by atoms with Crippen molar-refractivity contribution < 1.29 is 4.74 Å². The van der Waals surface area contributed by atoms with Gasteiger partial charge in [0, 0.05) is 11.9 Å². The van der Waals surface area contributed by atoms with Crippen LogP contribution in [0.15, 0.2) is 76.1 Å². The Morgan fingerprint density at radius 3 is 2.42 bits per heavy atom. The molecule has 4 nitrogen and oxygen atoms in total. The van der Waals surface area contributed by atoms with Crippen molar-refractivity contribution in [2.75, 3.05) is 0 Å². The smallest absolute Gasteiger partial charge is 0.273 e. The van der Waals surface area contributed by atoms with Crippen molar-refractivity contribution >= 4 is 15.9 Å². The van der Waals surface area contributed by atoms with Gasteiger partial charge in [0.1, 0.15) is 16.8 Å². The first-order valence-electron chi connectivity index (χ1n) is 7.27. The van der Waals surface area contributed by atoms with Crippen LogP contribution in [-0.4, -0.2) is 4.57 Å². The summed E-state index contributed by atoms with van der Waals surface area (Å²) in [5.74, 6) is 0.494. The quantitative estimate of drug-likeness (QED) is 0.685. The molecule has 2 aromatic carbocycles. The molecule has 0 bridgehead atoms. The van der Waals surface area contributed by atoms with E-state index >= 15 is 0 Å². The van der Waals surface area contributed by atoms with Gasteiger partial charge in [0.2, 0.25) is 0 Å². The van der Waals surface area contributed by atoms with Crippen molar-refractivity contribution in [2.24, 2.45) is 0 Å². The lowest BCUT2D eigenvalue weighted by molar-refractivity contribution is 0.303. The molecule has 0 aliphatic heterocycles. The number of benzene rings is 2. The lowest BCUT2D eigenvalue weighted by Crippen LogP contribution is -2.19. The van der Waals surface area contributed by atoms with Crippen LogP contribution in [-0.2, 0) is 6.61 Å². The highest BCUT2D eigenvalue weighted by Crippen LogP contribution is 2.22. The van der Waals surface area contributed by atoms with Gasteiger partial charge < -0.3 is 4.74 Å². The van der Waals surface area contributed by atoms with E-state index in [0.717, 1.165) is 5.56 Å². The van der Waals surface area contributed by atoms with Gasteiger partial charge in [-0.25, -0.2) is 0 Å². The standard InChI is InChI=1S/C19H13BrN2O2/c20-18-17(24-13-15-4-2-1-3-5-15)10-11-22(19(18)23)16-8-6-14(12-21)7-9-16/h1-11H,13H2. The third-order valence-electron chi connectivity index (χ3n) is 3.51. The van der Waals surface area contributed by atoms with Gasteiger partial charge in [0.15, 0.2) is 0 Å². The number of hydrogen-bond acceptors (Lipinski definition) is 3. The summed E-state index contributed by atoms with van der Waals surface area (Å²) in [7, 11) is 0. The number of ether oxygens (including phenoxy) is 1. The van der Waals surface area contributed by atoms with Crippen LogP contribution in [0, 0.1) is 11.3 Å². The molecule has 0 aliphatic rings. The molecule has 0 radical (unpaired) electrons. The highest BCUT2D eigenvalue weighted by atomic mass is 79.9. The fourth-order valence-corrected chi connectivity index (χ4v) is 2.68. The molecule has 0 aliphatic carbocycles. The Bertz CT molecular complexity index is 942. The monoisotopic (exact) mass is 380 g/mol. The van der Waals surface area contributed by atoms with Crippen LogP contribution in [0.2, 0.25) is 0 Å². The Kier molecular flexibility index (Phi) is 4.78. The molecular formula is C19H13BrN2O2. The molecule has 5 heteroatoms. The number of aromatic nitrogens is 1. The van der Waals surface area contributed by atoms with Crippen molar-refractivity contribution in [1.29, 1.82) is 5.26 Å². The highest BCUT2D eigenvalue weighted by molar-refractivity contribution is 9.10. The largest absolute Gasteiger partial charge is 0.487 e. The van der Waals surface area contributed by atoms with E-state index < -0.39 is 0 Å². The summed E-state index contributed by atoms with van der Waals surface area (Å²) in [6, 6.07) is 20.4. The van der Waals surface area contributed by atoms with Crippen LogP contribution >= 0.6 is 15.9 Å². The molecule has 0 N–H and O–H groups in total. The molecule has 0 unspecified atom stereocenters. The maximum absolute atomic E-state index is 12.5.